The van der Waals surface area contributed by atoms with Crippen LogP contribution in [0, 0.1) is 0 Å². The van der Waals surface area contributed by atoms with E-state index < -0.39 is 21.7 Å². The van der Waals surface area contributed by atoms with Gasteiger partial charge < -0.3 is 0 Å². The Balaban J connectivity index is 1.70. The van der Waals surface area contributed by atoms with Crippen LogP contribution in [-0.2, 0) is 0 Å². The Labute approximate surface area is 189 Å². The second-order valence-electron chi connectivity index (χ2n) is 8.48. The molecule has 1 heterocycles. The highest BCUT2D eigenvalue weighted by molar-refractivity contribution is 6.24. The van der Waals surface area contributed by atoms with Gasteiger partial charge in [0.1, 0.15) is 5.52 Å². The Morgan fingerprint density at radius 3 is 1.82 bits per heavy atom. The minimum atomic E-state index is -1.30. The number of hydrogen-bond acceptors (Lipinski definition) is 6. The summed E-state index contributed by atoms with van der Waals surface area (Å²) in [5, 5.41) is 16.1. The van der Waals surface area contributed by atoms with E-state index in [4.69, 9.17) is 0 Å². The van der Waals surface area contributed by atoms with Gasteiger partial charge >= 0.3 is 0 Å². The zero-order valence-electron chi connectivity index (χ0n) is 17.5. The molecule has 0 aliphatic rings. The molecule has 0 N–H and O–H groups in total. The van der Waals surface area contributed by atoms with Crippen LogP contribution in [0.3, 0.4) is 0 Å². The number of hydrogen-bond donors (Lipinski definition) is 0. The maximum atomic E-state index is 12.5. The Morgan fingerprint density at radius 2 is 1.06 bits per heavy atom. The van der Waals surface area contributed by atoms with Crippen LogP contribution in [0.1, 0.15) is 0 Å². The third kappa shape index (κ3) is 2.34. The van der Waals surface area contributed by atoms with Crippen LogP contribution in [0.4, 0.5) is 0 Å². The van der Waals surface area contributed by atoms with Gasteiger partial charge in [-0.25, -0.2) is 0 Å². The lowest BCUT2D eigenvalue weighted by molar-refractivity contribution is 1.13. The summed E-state index contributed by atoms with van der Waals surface area (Å²) in [7, 11) is 0. The van der Waals surface area contributed by atoms with E-state index >= 15 is 0 Å². The molecule has 0 radical (unpaired) electrons. The van der Waals surface area contributed by atoms with Gasteiger partial charge in [-0.3, -0.25) is 19.2 Å². The first-order chi connectivity index (χ1) is 16.5. The van der Waals surface area contributed by atoms with Crippen LogP contribution in [-0.4, -0.2) is 10.2 Å². The molecule has 7 aromatic rings. The van der Waals surface area contributed by atoms with Crippen LogP contribution in [0.15, 0.2) is 92.0 Å². The Kier molecular flexibility index (Phi) is 3.50. The van der Waals surface area contributed by atoms with Gasteiger partial charge in [0, 0.05) is 26.9 Å². The van der Waals surface area contributed by atoms with E-state index in [2.05, 4.69) is 34.5 Å². The van der Waals surface area contributed by atoms with Crippen molar-refractivity contribution in [3.05, 3.63) is 114 Å². The molecule has 0 spiro atoms. The van der Waals surface area contributed by atoms with Crippen molar-refractivity contribution in [3.8, 4) is 0 Å². The highest BCUT2D eigenvalue weighted by atomic mass is 16.2. The van der Waals surface area contributed by atoms with Crippen LogP contribution < -0.4 is 21.7 Å². The van der Waals surface area contributed by atoms with Crippen molar-refractivity contribution >= 4 is 64.9 Å². The van der Waals surface area contributed by atoms with E-state index in [1.165, 1.54) is 12.1 Å². The molecule has 1 aromatic heterocycles. The van der Waals surface area contributed by atoms with Gasteiger partial charge in [-0.05, 0) is 57.3 Å². The molecule has 0 amide bonds. The summed E-state index contributed by atoms with van der Waals surface area (Å²) in [5.41, 5.74) is -3.22. The average Bonchev–Trinajstić information content (AvgIpc) is 2.88. The van der Waals surface area contributed by atoms with Gasteiger partial charge in [0.05, 0.1) is 5.52 Å². The fraction of sp³-hybridized carbons (Fsp3) is 0. The molecule has 0 aliphatic carbocycles. The molecule has 0 bridgehead atoms. The van der Waals surface area contributed by atoms with E-state index in [0.717, 1.165) is 37.8 Å². The first kappa shape index (κ1) is 18.7. The SMILES string of the molecule is O=c1c(=O)c(=O)c2cc3c(ccc4c3nnc3ccc5cc6ccccc6cc5c34)cc2c1=O. The Hall–Kier alpha value is -4.84. The lowest BCUT2D eigenvalue weighted by atomic mass is 9.95. The van der Waals surface area contributed by atoms with Crippen molar-refractivity contribution in [2.45, 2.75) is 0 Å². The van der Waals surface area contributed by atoms with Crippen LogP contribution in [0.5, 0.6) is 0 Å². The summed E-state index contributed by atoms with van der Waals surface area (Å²) in [4.78, 5) is 48.7. The largest absolute Gasteiger partial charge is 0.285 e. The summed E-state index contributed by atoms with van der Waals surface area (Å²) in [5.74, 6) is 0. The first-order valence-electron chi connectivity index (χ1n) is 10.7. The number of fused-ring (bicyclic) bond motifs is 9. The van der Waals surface area contributed by atoms with Crippen molar-refractivity contribution in [1.29, 1.82) is 0 Å². The molecule has 0 saturated carbocycles. The molecule has 6 nitrogen and oxygen atoms in total. The molecule has 0 fully saturated rings. The van der Waals surface area contributed by atoms with E-state index in [1.54, 1.807) is 0 Å². The minimum Gasteiger partial charge on any atom is -0.285 e. The summed E-state index contributed by atoms with van der Waals surface area (Å²) >= 11 is 0. The van der Waals surface area contributed by atoms with Crippen LogP contribution in [0.2, 0.25) is 0 Å². The van der Waals surface area contributed by atoms with Crippen LogP contribution >= 0.6 is 0 Å². The second kappa shape index (κ2) is 6.36. The maximum absolute atomic E-state index is 12.5. The van der Waals surface area contributed by atoms with E-state index in [9.17, 15) is 19.2 Å². The molecule has 0 saturated heterocycles. The number of aromatic nitrogens is 2. The normalized spacial score (nSPS) is 12.0. The fourth-order valence-corrected chi connectivity index (χ4v) is 4.97. The quantitative estimate of drug-likeness (QED) is 0.203. The Morgan fingerprint density at radius 1 is 0.441 bits per heavy atom. The van der Waals surface area contributed by atoms with Crippen molar-refractivity contribution in [2.24, 2.45) is 0 Å². The minimum absolute atomic E-state index is 0.0490. The van der Waals surface area contributed by atoms with Crippen LogP contribution in [0.25, 0.3) is 64.9 Å². The lowest BCUT2D eigenvalue weighted by Crippen LogP contribution is -2.46. The zero-order valence-corrected chi connectivity index (χ0v) is 17.5. The molecule has 6 aromatic carbocycles. The van der Waals surface area contributed by atoms with E-state index in [0.29, 0.717) is 16.3 Å². The van der Waals surface area contributed by atoms with E-state index in [1.807, 2.05) is 36.4 Å². The molecule has 34 heavy (non-hydrogen) atoms. The fourth-order valence-electron chi connectivity index (χ4n) is 4.97. The van der Waals surface area contributed by atoms with Crippen molar-refractivity contribution in [2.75, 3.05) is 0 Å². The standard InChI is InChI=1S/C28H12N2O4/c31-25-20-11-16-5-7-17-23-18-10-14-4-2-1-3-13(14)9-15(18)6-8-22(23)29-30-24(17)19(16)12-21(20)26(32)28(34)27(25)33/h1-12H. The highest BCUT2D eigenvalue weighted by Gasteiger charge is 2.16. The monoisotopic (exact) mass is 440 g/mol. The van der Waals surface area contributed by atoms with E-state index in [-0.39, 0.29) is 10.8 Å². The third-order valence-electron chi connectivity index (χ3n) is 6.63. The Bertz CT molecular complexity index is 2260. The van der Waals surface area contributed by atoms with Gasteiger partial charge in [-0.15, -0.1) is 10.2 Å². The van der Waals surface area contributed by atoms with Gasteiger partial charge in [-0.1, -0.05) is 42.5 Å². The molecule has 6 heteroatoms. The molecular formula is C28H12N2O4. The maximum Gasteiger partial charge on any atom is 0.277 e. The summed E-state index contributed by atoms with van der Waals surface area (Å²) in [6.45, 7) is 0. The molecule has 0 atom stereocenters. The molecule has 0 unspecified atom stereocenters. The highest BCUT2D eigenvalue weighted by Crippen LogP contribution is 2.35. The molecule has 7 rings (SSSR count). The topological polar surface area (TPSA) is 94.1 Å². The van der Waals surface area contributed by atoms with Crippen molar-refractivity contribution < 1.29 is 0 Å². The van der Waals surface area contributed by atoms with Gasteiger partial charge in [-0.2, -0.15) is 0 Å². The predicted octanol–water partition coefficient (Wildman–Crippen LogP) is 3.71. The smallest absolute Gasteiger partial charge is 0.277 e. The van der Waals surface area contributed by atoms with Gasteiger partial charge in [0.25, 0.3) is 10.9 Å². The summed E-state index contributed by atoms with van der Waals surface area (Å²) < 4.78 is 0. The van der Waals surface area contributed by atoms with Gasteiger partial charge in [0.15, 0.2) is 0 Å². The average molecular weight is 440 g/mol. The molecular weight excluding hydrogens is 428 g/mol. The predicted molar refractivity (Wildman–Crippen MR) is 135 cm³/mol. The lowest BCUT2D eigenvalue weighted by Gasteiger charge is -2.10. The third-order valence-corrected chi connectivity index (χ3v) is 6.63. The summed E-state index contributed by atoms with van der Waals surface area (Å²) in [6.07, 6.45) is 0. The van der Waals surface area contributed by atoms with Crippen molar-refractivity contribution in [3.63, 3.8) is 0 Å². The zero-order chi connectivity index (χ0) is 23.1. The second-order valence-corrected chi connectivity index (χ2v) is 8.48. The number of rotatable bonds is 0. The number of benzene rings is 6. The molecule has 158 valence electrons. The van der Waals surface area contributed by atoms with Gasteiger partial charge in [0.2, 0.25) is 10.9 Å². The van der Waals surface area contributed by atoms with Crippen molar-refractivity contribution in [1.82, 2.24) is 10.2 Å². The number of nitrogens with zero attached hydrogens (tertiary/aromatic N) is 2. The molecule has 0 aliphatic heterocycles. The summed E-state index contributed by atoms with van der Waals surface area (Å²) in [6, 6.07) is 23.1. The first-order valence-corrected chi connectivity index (χ1v) is 10.7.